The molecule has 0 radical (unpaired) electrons. The van der Waals surface area contributed by atoms with E-state index in [2.05, 4.69) is 5.32 Å². The summed E-state index contributed by atoms with van der Waals surface area (Å²) in [6, 6.07) is 20.4. The lowest BCUT2D eigenvalue weighted by atomic mass is 10.0. The van der Waals surface area contributed by atoms with Crippen LogP contribution in [0.3, 0.4) is 0 Å². The maximum absolute atomic E-state index is 13.4. The van der Waals surface area contributed by atoms with Crippen LogP contribution in [0.5, 0.6) is 0 Å². The van der Waals surface area contributed by atoms with E-state index in [1.807, 2.05) is 43.3 Å². The fourth-order valence-electron chi connectivity index (χ4n) is 3.66. The first-order valence-electron chi connectivity index (χ1n) is 10.3. The Hall–Kier alpha value is -3.97. The first kappa shape index (κ1) is 22.2. The van der Waals surface area contributed by atoms with Gasteiger partial charge in [-0.25, -0.2) is 0 Å². The number of imide groups is 1. The zero-order valence-electron chi connectivity index (χ0n) is 17.7. The van der Waals surface area contributed by atoms with Crippen LogP contribution in [0.1, 0.15) is 16.7 Å². The number of rotatable bonds is 7. The van der Waals surface area contributed by atoms with E-state index in [4.69, 9.17) is 11.6 Å². The lowest BCUT2D eigenvalue weighted by Crippen LogP contribution is -2.34. The average molecular weight is 462 g/mol. The van der Waals surface area contributed by atoms with Crippen molar-refractivity contribution in [1.82, 2.24) is 4.90 Å². The van der Waals surface area contributed by atoms with Gasteiger partial charge in [-0.2, -0.15) is 0 Å². The van der Waals surface area contributed by atoms with E-state index >= 15 is 0 Å². The van der Waals surface area contributed by atoms with Crippen LogP contribution in [0.15, 0.2) is 78.5 Å². The summed E-state index contributed by atoms with van der Waals surface area (Å²) in [5, 5.41) is 14.6. The smallest absolute Gasteiger partial charge is 0.278 e. The molecule has 0 aromatic heterocycles. The van der Waals surface area contributed by atoms with Crippen molar-refractivity contribution >= 4 is 40.4 Å². The molecule has 0 spiro atoms. The van der Waals surface area contributed by atoms with Crippen LogP contribution in [0.25, 0.3) is 5.57 Å². The molecule has 0 saturated heterocycles. The molecular formula is C25H20ClN3O4. The fourth-order valence-corrected chi connectivity index (χ4v) is 3.83. The van der Waals surface area contributed by atoms with Gasteiger partial charge in [-0.1, -0.05) is 48.0 Å². The molecule has 0 bridgehead atoms. The van der Waals surface area contributed by atoms with Crippen molar-refractivity contribution in [3.05, 3.63) is 110 Å². The van der Waals surface area contributed by atoms with Crippen LogP contribution in [-0.4, -0.2) is 28.2 Å². The number of halogens is 1. The number of benzene rings is 3. The van der Waals surface area contributed by atoms with Crippen molar-refractivity contribution in [2.45, 2.75) is 13.3 Å². The first-order valence-corrected chi connectivity index (χ1v) is 10.7. The minimum Gasteiger partial charge on any atom is -0.350 e. The molecule has 166 valence electrons. The van der Waals surface area contributed by atoms with Crippen LogP contribution < -0.4 is 5.32 Å². The number of hydrogen-bond acceptors (Lipinski definition) is 5. The highest BCUT2D eigenvalue weighted by Gasteiger charge is 2.39. The molecule has 3 aromatic carbocycles. The molecule has 33 heavy (non-hydrogen) atoms. The number of anilines is 1. The quantitative estimate of drug-likeness (QED) is 0.304. The molecule has 0 fully saturated rings. The number of hydrogen-bond donors (Lipinski definition) is 1. The largest absolute Gasteiger partial charge is 0.350 e. The second-order valence-corrected chi connectivity index (χ2v) is 8.07. The molecule has 0 unspecified atom stereocenters. The third-order valence-corrected chi connectivity index (χ3v) is 5.70. The van der Waals surface area contributed by atoms with Gasteiger partial charge >= 0.3 is 0 Å². The van der Waals surface area contributed by atoms with Gasteiger partial charge in [0, 0.05) is 29.4 Å². The molecule has 1 aliphatic rings. The number of amides is 2. The molecule has 1 heterocycles. The van der Waals surface area contributed by atoms with Gasteiger partial charge in [-0.15, -0.1) is 0 Å². The van der Waals surface area contributed by atoms with Gasteiger partial charge in [0.05, 0.1) is 10.5 Å². The maximum atomic E-state index is 13.4. The highest BCUT2D eigenvalue weighted by atomic mass is 35.5. The number of non-ortho nitro benzene ring substituents is 1. The van der Waals surface area contributed by atoms with E-state index in [0.717, 1.165) is 11.1 Å². The average Bonchev–Trinajstić information content (AvgIpc) is 3.04. The van der Waals surface area contributed by atoms with Crippen LogP contribution in [0.4, 0.5) is 11.4 Å². The van der Waals surface area contributed by atoms with E-state index in [1.54, 1.807) is 12.1 Å². The standard InChI is InChI=1S/C25H20ClN3O4/c1-16-7-10-19(26)15-21(16)27-23-22(18-8-11-20(12-9-18)29(32)33)24(30)28(25(23)31)14-13-17-5-3-2-4-6-17/h2-12,15,27H,13-14H2,1H3. The summed E-state index contributed by atoms with van der Waals surface area (Å²) in [5.41, 5.74) is 3.05. The zero-order chi connectivity index (χ0) is 23.5. The molecule has 3 aromatic rings. The Morgan fingerprint density at radius 2 is 1.67 bits per heavy atom. The number of nitro benzene ring substituents is 1. The summed E-state index contributed by atoms with van der Waals surface area (Å²) in [6.45, 7) is 2.07. The number of nitrogens with one attached hydrogen (secondary N) is 1. The summed E-state index contributed by atoms with van der Waals surface area (Å²) in [6.07, 6.45) is 0.509. The Morgan fingerprint density at radius 1 is 0.970 bits per heavy atom. The Kier molecular flexibility index (Phi) is 6.24. The third kappa shape index (κ3) is 4.63. The number of carbonyl (C=O) groups is 2. The fraction of sp³-hybridized carbons (Fsp3) is 0.120. The molecule has 7 nitrogen and oxygen atoms in total. The van der Waals surface area contributed by atoms with Crippen molar-refractivity contribution < 1.29 is 14.5 Å². The summed E-state index contributed by atoms with van der Waals surface area (Å²) in [5.74, 6) is -0.907. The minimum absolute atomic E-state index is 0.0998. The number of carbonyl (C=O) groups excluding carboxylic acids is 2. The second kappa shape index (κ2) is 9.26. The van der Waals surface area contributed by atoms with Crippen molar-refractivity contribution in [2.75, 3.05) is 11.9 Å². The number of aryl methyl sites for hydroxylation is 1. The Morgan fingerprint density at radius 3 is 2.33 bits per heavy atom. The van der Waals surface area contributed by atoms with E-state index in [-0.39, 0.29) is 23.5 Å². The Bertz CT molecular complexity index is 1270. The monoisotopic (exact) mass is 461 g/mol. The predicted octanol–water partition coefficient (Wildman–Crippen LogP) is 4.99. The van der Waals surface area contributed by atoms with Gasteiger partial charge in [-0.05, 0) is 54.3 Å². The van der Waals surface area contributed by atoms with Crippen molar-refractivity contribution in [2.24, 2.45) is 0 Å². The molecule has 0 atom stereocenters. The topological polar surface area (TPSA) is 92.6 Å². The molecule has 8 heteroatoms. The van der Waals surface area contributed by atoms with E-state index < -0.39 is 16.7 Å². The highest BCUT2D eigenvalue weighted by Crippen LogP contribution is 2.33. The van der Waals surface area contributed by atoms with E-state index in [0.29, 0.717) is 22.7 Å². The predicted molar refractivity (Wildman–Crippen MR) is 127 cm³/mol. The van der Waals surface area contributed by atoms with Crippen molar-refractivity contribution in [3.63, 3.8) is 0 Å². The van der Waals surface area contributed by atoms with E-state index in [9.17, 15) is 19.7 Å². The lowest BCUT2D eigenvalue weighted by molar-refractivity contribution is -0.384. The van der Waals surface area contributed by atoms with Gasteiger partial charge in [0.2, 0.25) is 0 Å². The zero-order valence-corrected chi connectivity index (χ0v) is 18.5. The molecule has 2 amide bonds. The van der Waals surface area contributed by atoms with E-state index in [1.165, 1.54) is 29.2 Å². The molecule has 4 rings (SSSR count). The van der Waals surface area contributed by atoms with Gasteiger partial charge < -0.3 is 5.32 Å². The molecule has 0 saturated carbocycles. The normalized spacial score (nSPS) is 13.6. The molecular weight excluding hydrogens is 442 g/mol. The maximum Gasteiger partial charge on any atom is 0.278 e. The van der Waals surface area contributed by atoms with Crippen LogP contribution in [0, 0.1) is 17.0 Å². The van der Waals surface area contributed by atoms with Crippen molar-refractivity contribution in [1.29, 1.82) is 0 Å². The van der Waals surface area contributed by atoms with Crippen LogP contribution in [0.2, 0.25) is 5.02 Å². The van der Waals surface area contributed by atoms with Gasteiger partial charge in [0.1, 0.15) is 5.70 Å². The summed E-state index contributed by atoms with van der Waals surface area (Å²) >= 11 is 6.13. The van der Waals surface area contributed by atoms with Gasteiger partial charge in [-0.3, -0.25) is 24.6 Å². The van der Waals surface area contributed by atoms with Crippen molar-refractivity contribution in [3.8, 4) is 0 Å². The second-order valence-electron chi connectivity index (χ2n) is 7.64. The van der Waals surface area contributed by atoms with Crippen LogP contribution >= 0.6 is 11.6 Å². The SMILES string of the molecule is Cc1ccc(Cl)cc1NC1=C(c2ccc([N+](=O)[O-])cc2)C(=O)N(CCc2ccccc2)C1=O. The van der Waals surface area contributed by atoms with Crippen LogP contribution in [-0.2, 0) is 16.0 Å². The highest BCUT2D eigenvalue weighted by molar-refractivity contribution is 6.36. The first-order chi connectivity index (χ1) is 15.8. The summed E-state index contributed by atoms with van der Waals surface area (Å²) < 4.78 is 0. The molecule has 0 aliphatic carbocycles. The van der Waals surface area contributed by atoms with Gasteiger partial charge in [0.25, 0.3) is 17.5 Å². The lowest BCUT2D eigenvalue weighted by Gasteiger charge is -2.16. The van der Waals surface area contributed by atoms with Gasteiger partial charge in [0.15, 0.2) is 0 Å². The molecule has 1 aliphatic heterocycles. The number of nitrogens with zero attached hydrogens (tertiary/aromatic N) is 2. The Balaban J connectivity index is 1.71. The minimum atomic E-state index is -0.513. The summed E-state index contributed by atoms with van der Waals surface area (Å²) in [4.78, 5) is 38.4. The summed E-state index contributed by atoms with van der Waals surface area (Å²) in [7, 11) is 0. The molecule has 1 N–H and O–H groups in total. The Labute approximate surface area is 195 Å². The third-order valence-electron chi connectivity index (χ3n) is 5.46. The number of nitro groups is 1.